The number of ether oxygens (including phenoxy) is 1. The van der Waals surface area contributed by atoms with Crippen LogP contribution in [0.3, 0.4) is 0 Å². The Labute approximate surface area is 175 Å². The number of aromatic nitrogens is 1. The molecule has 3 aromatic rings. The van der Waals surface area contributed by atoms with E-state index in [4.69, 9.17) is 4.74 Å². The first-order chi connectivity index (χ1) is 14.3. The first-order valence-electron chi connectivity index (χ1n) is 8.74. The fourth-order valence-corrected chi connectivity index (χ4v) is 5.43. The molecule has 4 rings (SSSR count). The highest BCUT2D eigenvalue weighted by Crippen LogP contribution is 2.29. The average molecular weight is 445 g/mol. The molecule has 0 aliphatic carbocycles. The molecule has 30 heavy (non-hydrogen) atoms. The van der Waals surface area contributed by atoms with Gasteiger partial charge in [-0.3, -0.25) is 19.7 Å². The van der Waals surface area contributed by atoms with Crippen LogP contribution in [0.4, 0.5) is 5.13 Å². The van der Waals surface area contributed by atoms with Crippen LogP contribution >= 0.6 is 11.3 Å². The summed E-state index contributed by atoms with van der Waals surface area (Å²) in [7, 11) is -4.12. The van der Waals surface area contributed by atoms with Crippen molar-refractivity contribution in [2.75, 3.05) is 18.5 Å². The van der Waals surface area contributed by atoms with Crippen molar-refractivity contribution in [2.24, 2.45) is 0 Å². The van der Waals surface area contributed by atoms with Crippen LogP contribution in [0.2, 0.25) is 0 Å². The van der Waals surface area contributed by atoms with Gasteiger partial charge in [0.2, 0.25) is 0 Å². The summed E-state index contributed by atoms with van der Waals surface area (Å²) >= 11 is 1.28. The summed E-state index contributed by atoms with van der Waals surface area (Å²) in [5, 5.41) is 2.88. The number of benzene rings is 2. The van der Waals surface area contributed by atoms with E-state index in [1.54, 1.807) is 0 Å². The summed E-state index contributed by atoms with van der Waals surface area (Å²) < 4.78 is 31.0. The molecule has 0 fully saturated rings. The largest absolute Gasteiger partial charge is 0.454 e. The van der Waals surface area contributed by atoms with Gasteiger partial charge in [-0.25, -0.2) is 17.7 Å². The van der Waals surface area contributed by atoms with Crippen molar-refractivity contribution in [1.29, 1.82) is 0 Å². The van der Waals surface area contributed by atoms with Gasteiger partial charge in [0.15, 0.2) is 11.7 Å². The Hall–Kier alpha value is -3.31. The van der Waals surface area contributed by atoms with Gasteiger partial charge >= 0.3 is 5.97 Å². The molecule has 0 saturated carbocycles. The topological polar surface area (TPSA) is 123 Å². The van der Waals surface area contributed by atoms with E-state index < -0.39 is 41.0 Å². The minimum atomic E-state index is -4.12. The Morgan fingerprint density at radius 1 is 1.20 bits per heavy atom. The maximum Gasteiger partial charge on any atom is 0.327 e. The lowest BCUT2D eigenvalue weighted by Crippen LogP contribution is -2.36. The molecular formula is C19H15N3O6S2. The highest BCUT2D eigenvalue weighted by atomic mass is 32.2. The summed E-state index contributed by atoms with van der Waals surface area (Å²) in [6, 6.07) is 11.4. The zero-order valence-electron chi connectivity index (χ0n) is 15.6. The standard InChI is InChI=1S/C19H15N3O6S2/c1-11-6-7-13-14(8-11)29-19(20-13)21-16(23)10-28-17(24)9-22-18(25)12-4-2-3-5-15(12)30(22,26)27/h2-8H,9-10H2,1H3,(H,20,21,23). The minimum Gasteiger partial charge on any atom is -0.454 e. The molecule has 1 aromatic heterocycles. The predicted octanol–water partition coefficient (Wildman–Crippen LogP) is 1.93. The number of amides is 2. The molecule has 0 saturated heterocycles. The predicted molar refractivity (Wildman–Crippen MR) is 109 cm³/mol. The van der Waals surface area contributed by atoms with Crippen molar-refractivity contribution in [3.63, 3.8) is 0 Å². The van der Waals surface area contributed by atoms with Crippen molar-refractivity contribution >= 4 is 54.5 Å². The van der Waals surface area contributed by atoms with E-state index in [2.05, 4.69) is 10.3 Å². The molecule has 2 heterocycles. The fourth-order valence-electron chi connectivity index (χ4n) is 2.94. The zero-order valence-corrected chi connectivity index (χ0v) is 17.2. The van der Waals surface area contributed by atoms with Crippen molar-refractivity contribution in [3.05, 3.63) is 53.6 Å². The number of aryl methyl sites for hydroxylation is 1. The molecule has 9 nitrogen and oxygen atoms in total. The normalized spacial score (nSPS) is 14.6. The lowest BCUT2D eigenvalue weighted by molar-refractivity contribution is -0.147. The Balaban J connectivity index is 1.35. The molecule has 0 atom stereocenters. The third-order valence-electron chi connectivity index (χ3n) is 4.34. The molecular weight excluding hydrogens is 430 g/mol. The second-order valence-electron chi connectivity index (χ2n) is 6.51. The van der Waals surface area contributed by atoms with Gasteiger partial charge in [0.05, 0.1) is 15.8 Å². The number of esters is 1. The number of nitrogens with one attached hydrogen (secondary N) is 1. The molecule has 154 valence electrons. The molecule has 0 radical (unpaired) electrons. The third-order valence-corrected chi connectivity index (χ3v) is 7.06. The van der Waals surface area contributed by atoms with Gasteiger partial charge in [-0.1, -0.05) is 29.5 Å². The van der Waals surface area contributed by atoms with E-state index in [0.29, 0.717) is 9.44 Å². The van der Waals surface area contributed by atoms with E-state index >= 15 is 0 Å². The van der Waals surface area contributed by atoms with Crippen LogP contribution < -0.4 is 5.32 Å². The van der Waals surface area contributed by atoms with Gasteiger partial charge in [0.1, 0.15) is 11.4 Å². The van der Waals surface area contributed by atoms with Crippen molar-refractivity contribution in [1.82, 2.24) is 9.29 Å². The molecule has 2 amide bonds. The van der Waals surface area contributed by atoms with Crippen LogP contribution in [-0.2, 0) is 24.3 Å². The number of hydrogen-bond donors (Lipinski definition) is 1. The quantitative estimate of drug-likeness (QED) is 0.595. The maximum absolute atomic E-state index is 12.4. The van der Waals surface area contributed by atoms with Gasteiger partial charge in [-0.05, 0) is 36.8 Å². The molecule has 0 unspecified atom stereocenters. The molecule has 1 aliphatic rings. The maximum atomic E-state index is 12.4. The SMILES string of the molecule is Cc1ccc2nc(NC(=O)COC(=O)CN3C(=O)c4ccccc4S3(=O)=O)sc2c1. The molecule has 0 spiro atoms. The number of sulfonamides is 1. The summed E-state index contributed by atoms with van der Waals surface area (Å²) in [6.45, 7) is 0.493. The van der Waals surface area contributed by atoms with E-state index in [9.17, 15) is 22.8 Å². The smallest absolute Gasteiger partial charge is 0.327 e. The van der Waals surface area contributed by atoms with Gasteiger partial charge in [-0.2, -0.15) is 0 Å². The van der Waals surface area contributed by atoms with Crippen LogP contribution in [0.25, 0.3) is 10.2 Å². The first kappa shape index (κ1) is 20.0. The van der Waals surface area contributed by atoms with E-state index in [0.717, 1.165) is 15.8 Å². The summed E-state index contributed by atoms with van der Waals surface area (Å²) in [5.74, 6) is -2.45. The number of thiazole rings is 1. The molecule has 2 aromatic carbocycles. The van der Waals surface area contributed by atoms with Crippen LogP contribution in [0.15, 0.2) is 47.4 Å². The van der Waals surface area contributed by atoms with Crippen LogP contribution in [0.5, 0.6) is 0 Å². The third kappa shape index (κ3) is 3.64. The number of fused-ring (bicyclic) bond motifs is 2. The van der Waals surface area contributed by atoms with Gasteiger partial charge in [0, 0.05) is 0 Å². The second-order valence-corrected chi connectivity index (χ2v) is 9.37. The highest BCUT2D eigenvalue weighted by molar-refractivity contribution is 7.90. The van der Waals surface area contributed by atoms with Crippen LogP contribution in [0.1, 0.15) is 15.9 Å². The number of carbonyl (C=O) groups is 3. The Kier molecular flexibility index (Phi) is 5.00. The first-order valence-corrected chi connectivity index (χ1v) is 11.0. The van der Waals surface area contributed by atoms with Crippen molar-refractivity contribution < 1.29 is 27.5 Å². The average Bonchev–Trinajstić information content (AvgIpc) is 3.18. The highest BCUT2D eigenvalue weighted by Gasteiger charge is 2.42. The summed E-state index contributed by atoms with van der Waals surface area (Å²) in [6.07, 6.45) is 0. The lowest BCUT2D eigenvalue weighted by Gasteiger charge is -2.14. The monoisotopic (exact) mass is 445 g/mol. The fraction of sp³-hybridized carbons (Fsp3) is 0.158. The Bertz CT molecular complexity index is 1300. The van der Waals surface area contributed by atoms with Gasteiger partial charge < -0.3 is 4.74 Å². The minimum absolute atomic E-state index is 0.00545. The van der Waals surface area contributed by atoms with Gasteiger partial charge in [0.25, 0.3) is 21.8 Å². The second kappa shape index (κ2) is 7.50. The number of hydrogen-bond acceptors (Lipinski definition) is 8. The van der Waals surface area contributed by atoms with E-state index in [1.165, 1.54) is 35.6 Å². The number of rotatable bonds is 5. The number of carbonyl (C=O) groups excluding carboxylic acids is 3. The van der Waals surface area contributed by atoms with Crippen molar-refractivity contribution in [3.8, 4) is 0 Å². The summed E-state index contributed by atoms with van der Waals surface area (Å²) in [4.78, 5) is 40.5. The van der Waals surface area contributed by atoms with Crippen molar-refractivity contribution in [2.45, 2.75) is 11.8 Å². The van der Waals surface area contributed by atoms with Gasteiger partial charge in [-0.15, -0.1) is 0 Å². The molecule has 1 aliphatic heterocycles. The molecule has 0 bridgehead atoms. The molecule has 1 N–H and O–H groups in total. The summed E-state index contributed by atoms with van der Waals surface area (Å²) in [5.41, 5.74) is 1.79. The Morgan fingerprint density at radius 3 is 2.73 bits per heavy atom. The lowest BCUT2D eigenvalue weighted by atomic mass is 10.2. The van der Waals surface area contributed by atoms with E-state index in [1.807, 2.05) is 25.1 Å². The molecule has 11 heteroatoms. The number of anilines is 1. The van der Waals surface area contributed by atoms with E-state index in [-0.39, 0.29) is 10.5 Å². The number of nitrogens with zero attached hydrogens (tertiary/aromatic N) is 2. The Morgan fingerprint density at radius 2 is 1.97 bits per heavy atom. The zero-order chi connectivity index (χ0) is 21.5. The van der Waals surface area contributed by atoms with Crippen LogP contribution in [0, 0.1) is 6.92 Å². The van der Waals surface area contributed by atoms with Crippen LogP contribution in [-0.4, -0.2) is 48.6 Å².